The number of aromatic nitrogens is 2. The summed E-state index contributed by atoms with van der Waals surface area (Å²) >= 11 is 0. The van der Waals surface area contributed by atoms with Crippen molar-refractivity contribution in [2.45, 2.75) is 85.4 Å². The van der Waals surface area contributed by atoms with Gasteiger partial charge in [0.15, 0.2) is 0 Å². The van der Waals surface area contributed by atoms with Crippen LogP contribution in [0.4, 0.5) is 10.5 Å². The van der Waals surface area contributed by atoms with E-state index >= 15 is 0 Å². The van der Waals surface area contributed by atoms with E-state index < -0.39 is 21.8 Å². The Kier molecular flexibility index (Phi) is 11.4. The number of carbonyl (C=O) groups excluding carboxylic acids is 1. The highest BCUT2D eigenvalue weighted by Gasteiger charge is 2.24. The number of sulfonamides is 1. The van der Waals surface area contributed by atoms with Crippen molar-refractivity contribution in [3.8, 4) is 16.9 Å². The van der Waals surface area contributed by atoms with Crippen LogP contribution in [0.25, 0.3) is 22.2 Å². The van der Waals surface area contributed by atoms with Gasteiger partial charge in [-0.25, -0.2) is 18.2 Å². The maximum absolute atomic E-state index is 13.7. The molecule has 0 radical (unpaired) electrons. The van der Waals surface area contributed by atoms with Crippen molar-refractivity contribution in [1.29, 1.82) is 0 Å². The van der Waals surface area contributed by atoms with Gasteiger partial charge < -0.3 is 14.0 Å². The first-order valence-electron chi connectivity index (χ1n) is 17.1. The van der Waals surface area contributed by atoms with Gasteiger partial charge in [0.05, 0.1) is 29.0 Å². The number of carbonyl (C=O) groups is 1. The van der Waals surface area contributed by atoms with Crippen LogP contribution in [0.2, 0.25) is 0 Å². The monoisotopic (exact) mass is 681 g/mol. The normalized spacial score (nSPS) is 11.9. The summed E-state index contributed by atoms with van der Waals surface area (Å²) in [6.45, 7) is 10.4. The van der Waals surface area contributed by atoms with E-state index in [0.717, 1.165) is 64.8 Å². The molecular weight excluding hydrogens is 635 g/mol. The molecule has 258 valence electrons. The summed E-state index contributed by atoms with van der Waals surface area (Å²) in [7, 11) is -3.57. The van der Waals surface area contributed by atoms with Crippen molar-refractivity contribution in [3.63, 3.8) is 0 Å². The number of aryl methyl sites for hydroxylation is 1. The topological polar surface area (TPSA) is 90.7 Å². The SMILES string of the molecule is CCCCc1nc2ccc(N(Cc3ccccc3)S(=O)(=O)CCCC)cc2n1Cc1ccc(-c2ccccc2OC(=O)OC(C)(C)C)cc1. The lowest BCUT2D eigenvalue weighted by Gasteiger charge is -2.25. The minimum absolute atomic E-state index is 0.0909. The van der Waals surface area contributed by atoms with Crippen molar-refractivity contribution in [1.82, 2.24) is 9.55 Å². The molecule has 4 aromatic carbocycles. The fourth-order valence-electron chi connectivity index (χ4n) is 5.68. The molecule has 8 nitrogen and oxygen atoms in total. The van der Waals surface area contributed by atoms with Crippen LogP contribution >= 0.6 is 0 Å². The fraction of sp³-hybridized carbons (Fsp3) is 0.350. The Labute approximate surface area is 290 Å². The minimum atomic E-state index is -3.57. The second kappa shape index (κ2) is 15.7. The van der Waals surface area contributed by atoms with Gasteiger partial charge in [-0.15, -0.1) is 0 Å². The van der Waals surface area contributed by atoms with Crippen LogP contribution in [0.5, 0.6) is 5.75 Å². The first-order chi connectivity index (χ1) is 23.5. The number of nitrogens with zero attached hydrogens (tertiary/aromatic N) is 3. The quantitative estimate of drug-likeness (QED) is 0.0857. The van der Waals surface area contributed by atoms with Crippen LogP contribution in [0, 0.1) is 0 Å². The Bertz CT molecular complexity index is 1960. The Hall–Kier alpha value is -4.63. The summed E-state index contributed by atoms with van der Waals surface area (Å²) in [5.74, 6) is 1.49. The van der Waals surface area contributed by atoms with Gasteiger partial charge in [0, 0.05) is 18.5 Å². The number of imidazole rings is 1. The predicted molar refractivity (Wildman–Crippen MR) is 198 cm³/mol. The number of fused-ring (bicyclic) bond motifs is 1. The number of hydrogen-bond donors (Lipinski definition) is 0. The lowest BCUT2D eigenvalue weighted by molar-refractivity contribution is 0.0207. The molecule has 9 heteroatoms. The van der Waals surface area contributed by atoms with Crippen molar-refractivity contribution in [2.24, 2.45) is 0 Å². The second-order valence-corrected chi connectivity index (χ2v) is 15.3. The average Bonchev–Trinajstić information content (AvgIpc) is 3.41. The van der Waals surface area contributed by atoms with E-state index in [0.29, 0.717) is 24.4 Å². The number of hydrogen-bond acceptors (Lipinski definition) is 6. The average molecular weight is 682 g/mol. The third-order valence-electron chi connectivity index (χ3n) is 8.19. The maximum Gasteiger partial charge on any atom is 0.514 e. The van der Waals surface area contributed by atoms with Crippen molar-refractivity contribution < 1.29 is 22.7 Å². The molecule has 0 saturated heterocycles. The molecule has 0 N–H and O–H groups in total. The van der Waals surface area contributed by atoms with Crippen molar-refractivity contribution >= 4 is 32.9 Å². The zero-order valence-electron chi connectivity index (χ0n) is 29.2. The van der Waals surface area contributed by atoms with Crippen LogP contribution in [0.15, 0.2) is 97.1 Å². The van der Waals surface area contributed by atoms with Gasteiger partial charge in [-0.05, 0) is 74.6 Å². The zero-order chi connectivity index (χ0) is 35.0. The molecule has 0 aliphatic carbocycles. The van der Waals surface area contributed by atoms with E-state index in [1.54, 1.807) is 31.1 Å². The zero-order valence-corrected chi connectivity index (χ0v) is 30.0. The Morgan fingerprint density at radius 1 is 0.837 bits per heavy atom. The van der Waals surface area contributed by atoms with Gasteiger partial charge in [0.1, 0.15) is 17.2 Å². The first-order valence-corrected chi connectivity index (χ1v) is 18.7. The van der Waals surface area contributed by atoms with Gasteiger partial charge in [-0.3, -0.25) is 4.31 Å². The molecule has 0 aliphatic rings. The van der Waals surface area contributed by atoms with E-state index in [4.69, 9.17) is 14.5 Å². The van der Waals surface area contributed by atoms with Gasteiger partial charge in [0.2, 0.25) is 10.0 Å². The van der Waals surface area contributed by atoms with Crippen LogP contribution in [0.1, 0.15) is 77.3 Å². The molecule has 0 saturated carbocycles. The number of para-hydroxylation sites is 1. The van der Waals surface area contributed by atoms with Gasteiger partial charge in [-0.2, -0.15) is 0 Å². The molecule has 1 aromatic heterocycles. The summed E-state index contributed by atoms with van der Waals surface area (Å²) in [6.07, 6.45) is 3.50. The summed E-state index contributed by atoms with van der Waals surface area (Å²) < 4.78 is 42.1. The van der Waals surface area contributed by atoms with Gasteiger partial charge in [-0.1, -0.05) is 99.5 Å². The third-order valence-corrected chi connectivity index (χ3v) is 10.0. The predicted octanol–water partition coefficient (Wildman–Crippen LogP) is 9.54. The Balaban J connectivity index is 1.48. The van der Waals surface area contributed by atoms with Crippen LogP contribution < -0.4 is 9.04 Å². The molecule has 0 atom stereocenters. The molecule has 0 amide bonds. The summed E-state index contributed by atoms with van der Waals surface area (Å²) in [5, 5.41) is 0. The standard InChI is InChI=1S/C40H47N3O5S/c1-6-8-19-38-41-35-25-24-33(43(49(45,46)26-9-7-2)29-30-15-11-10-12-16-30)27-36(35)42(38)28-31-20-22-32(23-21-31)34-17-13-14-18-37(34)47-39(44)48-40(3,4)5/h10-18,20-25,27H,6-9,19,26,28-29H2,1-5H3. The van der Waals surface area contributed by atoms with Crippen LogP contribution in [-0.4, -0.2) is 35.5 Å². The molecule has 1 heterocycles. The largest absolute Gasteiger partial charge is 0.514 e. The maximum atomic E-state index is 13.7. The van der Waals surface area contributed by atoms with Gasteiger partial charge in [0.25, 0.3) is 0 Å². The van der Waals surface area contributed by atoms with E-state index in [9.17, 15) is 13.2 Å². The number of anilines is 1. The van der Waals surface area contributed by atoms with Crippen LogP contribution in [-0.2, 0) is 34.3 Å². The smallest absolute Gasteiger partial charge is 0.428 e. The Morgan fingerprint density at radius 3 is 2.22 bits per heavy atom. The van der Waals surface area contributed by atoms with Crippen LogP contribution in [0.3, 0.4) is 0 Å². The van der Waals surface area contributed by atoms with Crippen molar-refractivity contribution in [3.05, 3.63) is 114 Å². The first kappa shape index (κ1) is 35.7. The molecule has 5 aromatic rings. The highest BCUT2D eigenvalue weighted by Crippen LogP contribution is 2.32. The van der Waals surface area contributed by atoms with E-state index in [2.05, 4.69) is 23.6 Å². The molecule has 0 bridgehead atoms. The van der Waals surface area contributed by atoms with E-state index in [1.165, 1.54) is 0 Å². The molecule has 0 aliphatic heterocycles. The van der Waals surface area contributed by atoms with E-state index in [1.807, 2.05) is 85.8 Å². The Morgan fingerprint density at radius 2 is 1.53 bits per heavy atom. The molecular formula is C40H47N3O5S. The van der Waals surface area contributed by atoms with Crippen molar-refractivity contribution in [2.75, 3.05) is 10.1 Å². The molecule has 49 heavy (non-hydrogen) atoms. The number of benzene rings is 4. The lowest BCUT2D eigenvalue weighted by atomic mass is 10.0. The fourth-order valence-corrected chi connectivity index (χ4v) is 7.34. The van der Waals surface area contributed by atoms with E-state index in [-0.39, 0.29) is 12.3 Å². The molecule has 0 unspecified atom stereocenters. The number of ether oxygens (including phenoxy) is 2. The number of rotatable bonds is 14. The second-order valence-electron chi connectivity index (χ2n) is 13.3. The third kappa shape index (κ3) is 9.29. The molecule has 0 fully saturated rings. The minimum Gasteiger partial charge on any atom is -0.428 e. The molecule has 5 rings (SSSR count). The summed E-state index contributed by atoms with van der Waals surface area (Å²) in [4.78, 5) is 17.4. The molecule has 0 spiro atoms. The summed E-state index contributed by atoms with van der Waals surface area (Å²) in [5.41, 5.74) is 5.38. The summed E-state index contributed by atoms with van der Waals surface area (Å²) in [6, 6.07) is 31.1. The highest BCUT2D eigenvalue weighted by molar-refractivity contribution is 7.92. The van der Waals surface area contributed by atoms with Gasteiger partial charge >= 0.3 is 6.16 Å². The number of unbranched alkanes of at least 4 members (excludes halogenated alkanes) is 2. The lowest BCUT2D eigenvalue weighted by Crippen LogP contribution is -2.32. The highest BCUT2D eigenvalue weighted by atomic mass is 32.2.